The van der Waals surface area contributed by atoms with E-state index in [4.69, 9.17) is 9.72 Å². The van der Waals surface area contributed by atoms with Crippen LogP contribution in [0.2, 0.25) is 0 Å². The predicted molar refractivity (Wildman–Crippen MR) is 93.5 cm³/mol. The monoisotopic (exact) mass is 390 g/mol. The Balaban J connectivity index is 1.86. The largest absolute Gasteiger partial charge is 0.492 e. The Labute approximate surface area is 146 Å². The van der Waals surface area contributed by atoms with Crippen molar-refractivity contribution in [1.29, 1.82) is 0 Å². The Bertz CT molecular complexity index is 871. The molecule has 3 heterocycles. The summed E-state index contributed by atoms with van der Waals surface area (Å²) in [6.45, 7) is 4.93. The van der Waals surface area contributed by atoms with Gasteiger partial charge in [-0.2, -0.15) is 4.68 Å². The first-order chi connectivity index (χ1) is 11.1. The Morgan fingerprint density at radius 1 is 1.35 bits per heavy atom. The molecule has 3 aromatic rings. The number of halogens is 1. The number of aromatic nitrogens is 4. The minimum Gasteiger partial charge on any atom is -0.492 e. The summed E-state index contributed by atoms with van der Waals surface area (Å²) in [6.07, 6.45) is 2.66. The third-order valence-electron chi connectivity index (χ3n) is 3.82. The SMILES string of the molecule is CC(C)c1cnnn1-c1nc2c(s1)CCOc1cc(Br)ccc1-2. The second-order valence-corrected chi connectivity index (χ2v) is 7.71. The minimum atomic E-state index is 0.347. The van der Waals surface area contributed by atoms with Crippen molar-refractivity contribution in [1.82, 2.24) is 20.0 Å². The van der Waals surface area contributed by atoms with Crippen LogP contribution >= 0.6 is 27.3 Å². The number of benzene rings is 1. The number of hydrogen-bond donors (Lipinski definition) is 0. The van der Waals surface area contributed by atoms with Crippen LogP contribution in [-0.4, -0.2) is 26.6 Å². The maximum Gasteiger partial charge on any atom is 0.212 e. The van der Waals surface area contributed by atoms with Gasteiger partial charge in [-0.3, -0.25) is 0 Å². The molecule has 0 amide bonds. The highest BCUT2D eigenvalue weighted by Gasteiger charge is 2.22. The minimum absolute atomic E-state index is 0.347. The Hall–Kier alpha value is -1.73. The number of fused-ring (bicyclic) bond motifs is 3. The molecule has 0 N–H and O–H groups in total. The Morgan fingerprint density at radius 3 is 3.04 bits per heavy atom. The molecule has 0 aliphatic carbocycles. The van der Waals surface area contributed by atoms with Crippen molar-refractivity contribution in [2.45, 2.75) is 26.2 Å². The molecule has 1 aliphatic rings. The van der Waals surface area contributed by atoms with Gasteiger partial charge >= 0.3 is 0 Å². The second kappa shape index (κ2) is 5.72. The van der Waals surface area contributed by atoms with Crippen LogP contribution in [-0.2, 0) is 6.42 Å². The summed E-state index contributed by atoms with van der Waals surface area (Å²) in [6, 6.07) is 6.07. The van der Waals surface area contributed by atoms with E-state index < -0.39 is 0 Å². The molecule has 23 heavy (non-hydrogen) atoms. The van der Waals surface area contributed by atoms with E-state index in [9.17, 15) is 0 Å². The highest BCUT2D eigenvalue weighted by Crippen LogP contribution is 2.39. The Kier molecular flexibility index (Phi) is 3.69. The normalized spacial score (nSPS) is 13.4. The van der Waals surface area contributed by atoms with Crippen LogP contribution in [0.3, 0.4) is 0 Å². The molecule has 5 nitrogen and oxygen atoms in total. The predicted octanol–water partition coefficient (Wildman–Crippen LogP) is 4.21. The lowest BCUT2D eigenvalue weighted by molar-refractivity contribution is 0.327. The van der Waals surface area contributed by atoms with Crippen LogP contribution in [0.1, 0.15) is 30.3 Å². The van der Waals surface area contributed by atoms with Gasteiger partial charge in [0.05, 0.1) is 24.2 Å². The molecule has 4 rings (SSSR count). The van der Waals surface area contributed by atoms with Crippen LogP contribution in [0.25, 0.3) is 16.4 Å². The third kappa shape index (κ3) is 2.57. The molecule has 2 aromatic heterocycles. The molecule has 1 aromatic carbocycles. The van der Waals surface area contributed by atoms with Gasteiger partial charge in [-0.25, -0.2) is 4.98 Å². The molecule has 1 aliphatic heterocycles. The van der Waals surface area contributed by atoms with E-state index in [0.29, 0.717) is 12.5 Å². The van der Waals surface area contributed by atoms with Gasteiger partial charge in [0.15, 0.2) is 0 Å². The van der Waals surface area contributed by atoms with Gasteiger partial charge in [0.2, 0.25) is 5.13 Å². The van der Waals surface area contributed by atoms with E-state index in [-0.39, 0.29) is 0 Å². The lowest BCUT2D eigenvalue weighted by Gasteiger charge is -2.07. The molecule has 0 saturated heterocycles. The van der Waals surface area contributed by atoms with Crippen LogP contribution in [0.4, 0.5) is 0 Å². The molecule has 0 bridgehead atoms. The molecule has 7 heteroatoms. The quantitative estimate of drug-likeness (QED) is 0.657. The van der Waals surface area contributed by atoms with Crippen LogP contribution in [0.5, 0.6) is 5.75 Å². The maximum absolute atomic E-state index is 5.86. The standard InChI is InChI=1S/C16H15BrN4OS/c1-9(2)12-8-18-20-21(12)16-19-15-11-4-3-10(17)7-13(11)22-6-5-14(15)23-16/h3-4,7-9H,5-6H2,1-2H3. The zero-order valence-electron chi connectivity index (χ0n) is 12.8. The fourth-order valence-corrected chi connectivity index (χ4v) is 4.02. The number of thiazole rings is 1. The third-order valence-corrected chi connectivity index (χ3v) is 5.40. The number of ether oxygens (including phenoxy) is 1. The van der Waals surface area contributed by atoms with Crippen molar-refractivity contribution in [2.75, 3.05) is 6.61 Å². The van der Waals surface area contributed by atoms with Gasteiger partial charge < -0.3 is 4.74 Å². The summed E-state index contributed by atoms with van der Waals surface area (Å²) in [5.74, 6) is 1.22. The molecular formula is C16H15BrN4OS. The second-order valence-electron chi connectivity index (χ2n) is 5.73. The zero-order chi connectivity index (χ0) is 16.0. The lowest BCUT2D eigenvalue weighted by atomic mass is 10.1. The first kappa shape index (κ1) is 14.8. The number of hydrogen-bond acceptors (Lipinski definition) is 5. The summed E-state index contributed by atoms with van der Waals surface area (Å²) < 4.78 is 8.72. The van der Waals surface area contributed by atoms with Crippen molar-refractivity contribution in [3.05, 3.63) is 39.4 Å². The first-order valence-electron chi connectivity index (χ1n) is 7.47. The summed E-state index contributed by atoms with van der Waals surface area (Å²) in [5.41, 5.74) is 3.10. The van der Waals surface area contributed by atoms with Gasteiger partial charge in [0.25, 0.3) is 0 Å². The van der Waals surface area contributed by atoms with E-state index >= 15 is 0 Å². The van der Waals surface area contributed by atoms with E-state index in [2.05, 4.69) is 46.2 Å². The molecule has 0 saturated carbocycles. The molecule has 0 atom stereocenters. The highest BCUT2D eigenvalue weighted by molar-refractivity contribution is 9.10. The van der Waals surface area contributed by atoms with Crippen molar-refractivity contribution < 1.29 is 4.74 Å². The van der Waals surface area contributed by atoms with Crippen molar-refractivity contribution in [3.63, 3.8) is 0 Å². The Morgan fingerprint density at radius 2 is 2.22 bits per heavy atom. The fourth-order valence-electron chi connectivity index (χ4n) is 2.66. The average Bonchev–Trinajstić information content (AvgIpc) is 3.11. The molecule has 0 unspecified atom stereocenters. The number of nitrogens with zero attached hydrogens (tertiary/aromatic N) is 4. The van der Waals surface area contributed by atoms with Crippen LogP contribution < -0.4 is 4.74 Å². The van der Waals surface area contributed by atoms with Gasteiger partial charge in [-0.15, -0.1) is 5.10 Å². The van der Waals surface area contributed by atoms with Crippen molar-refractivity contribution >= 4 is 27.3 Å². The maximum atomic E-state index is 5.86. The molecular weight excluding hydrogens is 376 g/mol. The average molecular weight is 391 g/mol. The molecule has 118 valence electrons. The van der Waals surface area contributed by atoms with Gasteiger partial charge in [-0.05, 0) is 24.1 Å². The molecule has 0 radical (unpaired) electrons. The van der Waals surface area contributed by atoms with Gasteiger partial charge in [0.1, 0.15) is 5.75 Å². The van der Waals surface area contributed by atoms with E-state index in [1.54, 1.807) is 11.3 Å². The number of rotatable bonds is 2. The summed E-state index contributed by atoms with van der Waals surface area (Å²) in [7, 11) is 0. The molecule has 0 spiro atoms. The zero-order valence-corrected chi connectivity index (χ0v) is 15.2. The van der Waals surface area contributed by atoms with E-state index in [0.717, 1.165) is 38.7 Å². The van der Waals surface area contributed by atoms with E-state index in [1.807, 2.05) is 23.0 Å². The van der Waals surface area contributed by atoms with Crippen molar-refractivity contribution in [3.8, 4) is 22.1 Å². The molecule has 0 fully saturated rings. The van der Waals surface area contributed by atoms with Gasteiger partial charge in [-0.1, -0.05) is 46.3 Å². The summed E-state index contributed by atoms with van der Waals surface area (Å²) in [4.78, 5) is 6.08. The first-order valence-corrected chi connectivity index (χ1v) is 9.08. The summed E-state index contributed by atoms with van der Waals surface area (Å²) in [5, 5.41) is 9.14. The lowest BCUT2D eigenvalue weighted by Crippen LogP contribution is -2.03. The fraction of sp³-hybridized carbons (Fsp3) is 0.312. The summed E-state index contributed by atoms with van der Waals surface area (Å²) >= 11 is 5.16. The van der Waals surface area contributed by atoms with Crippen LogP contribution in [0, 0.1) is 0 Å². The van der Waals surface area contributed by atoms with Gasteiger partial charge in [0, 0.05) is 21.3 Å². The van der Waals surface area contributed by atoms with Crippen molar-refractivity contribution in [2.24, 2.45) is 0 Å². The topological polar surface area (TPSA) is 52.8 Å². The van der Waals surface area contributed by atoms with Crippen LogP contribution in [0.15, 0.2) is 28.9 Å². The smallest absolute Gasteiger partial charge is 0.212 e. The van der Waals surface area contributed by atoms with E-state index in [1.165, 1.54) is 4.88 Å². The highest BCUT2D eigenvalue weighted by atomic mass is 79.9.